The van der Waals surface area contributed by atoms with E-state index in [4.69, 9.17) is 11.5 Å². The Morgan fingerprint density at radius 3 is 2.82 bits per heavy atom. The number of pyridine rings is 1. The van der Waals surface area contributed by atoms with Crippen LogP contribution < -0.4 is 11.5 Å². The smallest absolute Gasteiger partial charge is 0.271 e. The lowest BCUT2D eigenvalue weighted by Gasteiger charge is -2.01. The van der Waals surface area contributed by atoms with Crippen LogP contribution in [-0.2, 0) is 6.54 Å². The zero-order valence-electron chi connectivity index (χ0n) is 9.42. The van der Waals surface area contributed by atoms with Gasteiger partial charge < -0.3 is 11.5 Å². The summed E-state index contributed by atoms with van der Waals surface area (Å²) in [5.41, 5.74) is 13.2. The van der Waals surface area contributed by atoms with Gasteiger partial charge in [-0.25, -0.2) is 0 Å². The summed E-state index contributed by atoms with van der Waals surface area (Å²) in [6, 6.07) is 1.99. The summed E-state index contributed by atoms with van der Waals surface area (Å²) in [5, 5.41) is 4.02. The first-order valence-corrected chi connectivity index (χ1v) is 5.09. The summed E-state index contributed by atoms with van der Waals surface area (Å²) in [6.07, 6.45) is 5.10. The highest BCUT2D eigenvalue weighted by molar-refractivity contribution is 5.95. The van der Waals surface area contributed by atoms with Gasteiger partial charge in [0.05, 0.1) is 12.2 Å². The number of aryl methyl sites for hydroxylation is 1. The fraction of sp³-hybridized carbons (Fsp3) is 0.182. The van der Waals surface area contributed by atoms with Gasteiger partial charge in [0.1, 0.15) is 0 Å². The Labute approximate surface area is 98.3 Å². The van der Waals surface area contributed by atoms with E-state index >= 15 is 0 Å². The van der Waals surface area contributed by atoms with Gasteiger partial charge in [0.2, 0.25) is 0 Å². The molecule has 0 atom stereocenters. The molecule has 6 heteroatoms. The van der Waals surface area contributed by atoms with Crippen molar-refractivity contribution in [1.29, 1.82) is 0 Å². The summed E-state index contributed by atoms with van der Waals surface area (Å²) in [7, 11) is 0. The second-order valence-electron chi connectivity index (χ2n) is 3.87. The van der Waals surface area contributed by atoms with Crippen molar-refractivity contribution in [2.24, 2.45) is 5.73 Å². The second-order valence-corrected chi connectivity index (χ2v) is 3.87. The van der Waals surface area contributed by atoms with E-state index < -0.39 is 5.91 Å². The molecule has 2 rings (SSSR count). The standard InChI is InChI=1S/C11H13N5O/c1-7-2-8(4-14-3-7)5-16-6-9(12)10(15-16)11(13)17/h2-4,6H,5,12H2,1H3,(H2,13,17). The van der Waals surface area contributed by atoms with Gasteiger partial charge in [-0.15, -0.1) is 0 Å². The highest BCUT2D eigenvalue weighted by atomic mass is 16.1. The molecule has 0 aliphatic heterocycles. The number of primary amides is 1. The summed E-state index contributed by atoms with van der Waals surface area (Å²) in [4.78, 5) is 15.1. The quantitative estimate of drug-likeness (QED) is 0.794. The number of nitrogens with two attached hydrogens (primary N) is 2. The molecule has 0 spiro atoms. The lowest BCUT2D eigenvalue weighted by atomic mass is 10.2. The average molecular weight is 231 g/mol. The topological polar surface area (TPSA) is 99.8 Å². The normalized spacial score (nSPS) is 10.4. The molecule has 0 unspecified atom stereocenters. The third kappa shape index (κ3) is 2.41. The van der Waals surface area contributed by atoms with E-state index in [-0.39, 0.29) is 11.4 Å². The summed E-state index contributed by atoms with van der Waals surface area (Å²) < 4.78 is 1.58. The van der Waals surface area contributed by atoms with E-state index in [0.717, 1.165) is 11.1 Å². The molecule has 2 aromatic rings. The minimum Gasteiger partial charge on any atom is -0.396 e. The molecule has 88 valence electrons. The van der Waals surface area contributed by atoms with Gasteiger partial charge in [0.15, 0.2) is 5.69 Å². The molecule has 0 saturated carbocycles. The fourth-order valence-corrected chi connectivity index (χ4v) is 1.60. The second kappa shape index (κ2) is 4.25. The van der Waals surface area contributed by atoms with E-state index in [1.165, 1.54) is 0 Å². The van der Waals surface area contributed by atoms with Crippen molar-refractivity contribution in [2.45, 2.75) is 13.5 Å². The van der Waals surface area contributed by atoms with Crippen LogP contribution in [0.25, 0.3) is 0 Å². The molecule has 6 nitrogen and oxygen atoms in total. The van der Waals surface area contributed by atoms with Crippen molar-refractivity contribution < 1.29 is 4.79 Å². The minimum absolute atomic E-state index is 0.102. The predicted molar refractivity (Wildman–Crippen MR) is 63.2 cm³/mol. The molecular formula is C11H13N5O. The first-order chi connectivity index (χ1) is 8.06. The average Bonchev–Trinajstić information content (AvgIpc) is 2.59. The molecule has 0 radical (unpaired) electrons. The number of rotatable bonds is 3. The van der Waals surface area contributed by atoms with Gasteiger partial charge in [-0.3, -0.25) is 14.5 Å². The Morgan fingerprint density at radius 2 is 2.24 bits per heavy atom. The number of nitrogens with zero attached hydrogens (tertiary/aromatic N) is 3. The Bertz CT molecular complexity index is 561. The maximum atomic E-state index is 11.0. The molecule has 0 bridgehead atoms. The van der Waals surface area contributed by atoms with Crippen LogP contribution in [0.3, 0.4) is 0 Å². The molecule has 1 amide bonds. The molecule has 0 aromatic carbocycles. The van der Waals surface area contributed by atoms with Crippen molar-refractivity contribution in [3.63, 3.8) is 0 Å². The highest BCUT2D eigenvalue weighted by Crippen LogP contribution is 2.10. The number of carbonyl (C=O) groups is 1. The molecule has 0 aliphatic rings. The van der Waals surface area contributed by atoms with E-state index in [1.54, 1.807) is 23.3 Å². The largest absolute Gasteiger partial charge is 0.396 e. The molecular weight excluding hydrogens is 218 g/mol. The van der Waals surface area contributed by atoms with Gasteiger partial charge in [0, 0.05) is 18.6 Å². The SMILES string of the molecule is Cc1cncc(Cn2cc(N)c(C(N)=O)n2)c1. The van der Waals surface area contributed by atoms with Crippen LogP contribution in [0.1, 0.15) is 21.6 Å². The monoisotopic (exact) mass is 231 g/mol. The van der Waals surface area contributed by atoms with E-state index in [1.807, 2.05) is 13.0 Å². The zero-order valence-corrected chi connectivity index (χ0v) is 9.42. The number of carbonyl (C=O) groups excluding carboxylic acids is 1. The first kappa shape index (κ1) is 11.1. The van der Waals surface area contributed by atoms with E-state index in [0.29, 0.717) is 6.54 Å². The van der Waals surface area contributed by atoms with Crippen LogP contribution in [0.5, 0.6) is 0 Å². The molecule has 0 aliphatic carbocycles. The lowest BCUT2D eigenvalue weighted by Crippen LogP contribution is -2.14. The van der Waals surface area contributed by atoms with Crippen LogP contribution in [0.15, 0.2) is 24.7 Å². The van der Waals surface area contributed by atoms with Gasteiger partial charge in [-0.1, -0.05) is 6.07 Å². The number of anilines is 1. The van der Waals surface area contributed by atoms with Gasteiger partial charge in [-0.2, -0.15) is 5.10 Å². The number of hydrogen-bond donors (Lipinski definition) is 2. The highest BCUT2D eigenvalue weighted by Gasteiger charge is 2.11. The zero-order chi connectivity index (χ0) is 12.4. The summed E-state index contributed by atoms with van der Waals surface area (Å²) in [5.74, 6) is -0.622. The maximum absolute atomic E-state index is 11.0. The molecule has 4 N–H and O–H groups in total. The summed E-state index contributed by atoms with van der Waals surface area (Å²) in [6.45, 7) is 2.47. The fourth-order valence-electron chi connectivity index (χ4n) is 1.60. The van der Waals surface area contributed by atoms with Gasteiger partial charge in [0.25, 0.3) is 5.91 Å². The lowest BCUT2D eigenvalue weighted by molar-refractivity contribution is 0.0995. The van der Waals surface area contributed by atoms with Gasteiger partial charge >= 0.3 is 0 Å². The van der Waals surface area contributed by atoms with E-state index in [2.05, 4.69) is 10.1 Å². The first-order valence-electron chi connectivity index (χ1n) is 5.09. The minimum atomic E-state index is -0.622. The van der Waals surface area contributed by atoms with Crippen molar-refractivity contribution >= 4 is 11.6 Å². The Morgan fingerprint density at radius 1 is 1.47 bits per heavy atom. The third-order valence-corrected chi connectivity index (χ3v) is 2.30. The maximum Gasteiger partial charge on any atom is 0.271 e. The Hall–Kier alpha value is -2.37. The number of hydrogen-bond acceptors (Lipinski definition) is 4. The molecule has 2 heterocycles. The molecule has 17 heavy (non-hydrogen) atoms. The predicted octanol–water partition coefficient (Wildman–Crippen LogP) is 0.316. The van der Waals surface area contributed by atoms with Crippen LogP contribution in [-0.4, -0.2) is 20.7 Å². The van der Waals surface area contributed by atoms with Crippen LogP contribution in [0.4, 0.5) is 5.69 Å². The molecule has 0 fully saturated rings. The van der Waals surface area contributed by atoms with Crippen molar-refractivity contribution in [1.82, 2.24) is 14.8 Å². The van der Waals surface area contributed by atoms with E-state index in [9.17, 15) is 4.79 Å². The summed E-state index contributed by atoms with van der Waals surface area (Å²) >= 11 is 0. The number of aromatic nitrogens is 3. The van der Waals surface area contributed by atoms with Crippen molar-refractivity contribution in [2.75, 3.05) is 5.73 Å². The van der Waals surface area contributed by atoms with Gasteiger partial charge in [-0.05, 0) is 18.1 Å². The van der Waals surface area contributed by atoms with Crippen LogP contribution in [0.2, 0.25) is 0 Å². The third-order valence-electron chi connectivity index (χ3n) is 2.30. The van der Waals surface area contributed by atoms with Crippen LogP contribution >= 0.6 is 0 Å². The van der Waals surface area contributed by atoms with Crippen molar-refractivity contribution in [3.8, 4) is 0 Å². The number of nitrogen functional groups attached to an aromatic ring is 1. The molecule has 0 saturated heterocycles. The van der Waals surface area contributed by atoms with Crippen molar-refractivity contribution in [3.05, 3.63) is 41.5 Å². The Balaban J connectivity index is 2.25. The number of amides is 1. The molecule has 2 aromatic heterocycles. The Kier molecular flexibility index (Phi) is 2.78. The van der Waals surface area contributed by atoms with Crippen LogP contribution in [0, 0.1) is 6.92 Å².